The molecule has 1 N–H and O–H groups in total. The molecule has 1 amide bonds. The Morgan fingerprint density at radius 3 is 2.77 bits per heavy atom. The molecule has 0 aromatic carbocycles. The van der Waals surface area contributed by atoms with Gasteiger partial charge in [-0.25, -0.2) is 4.98 Å². The molecule has 3 rings (SSSR count). The minimum Gasteiger partial charge on any atom is -0.437 e. The van der Waals surface area contributed by atoms with Crippen molar-refractivity contribution in [1.82, 2.24) is 15.3 Å². The van der Waals surface area contributed by atoms with Crippen molar-refractivity contribution in [3.8, 4) is 11.6 Å². The molecular weight excluding hydrogens is 350 g/mol. The average molecular weight is 367 g/mol. The minimum atomic E-state index is -0.249. The fourth-order valence-electron chi connectivity index (χ4n) is 2.19. The van der Waals surface area contributed by atoms with Crippen molar-refractivity contribution in [2.45, 2.75) is 20.4 Å². The van der Waals surface area contributed by atoms with Gasteiger partial charge in [-0.2, -0.15) is 0 Å². The summed E-state index contributed by atoms with van der Waals surface area (Å²) in [6, 6.07) is 8.87. The molecule has 0 saturated carbocycles. The van der Waals surface area contributed by atoms with Crippen LogP contribution in [0, 0.1) is 6.92 Å². The predicted octanol–water partition coefficient (Wildman–Crippen LogP) is 3.77. The minimum absolute atomic E-state index is 0.0521. The van der Waals surface area contributed by atoms with E-state index in [1.54, 1.807) is 29.9 Å². The fraction of sp³-hybridized carbons (Fsp3) is 0.158. The van der Waals surface area contributed by atoms with Crippen molar-refractivity contribution < 1.29 is 14.3 Å². The van der Waals surface area contributed by atoms with Gasteiger partial charge in [0.05, 0.1) is 16.6 Å². The van der Waals surface area contributed by atoms with Crippen molar-refractivity contribution >= 4 is 23.0 Å². The number of carbonyl (C=O) groups is 2. The van der Waals surface area contributed by atoms with Gasteiger partial charge in [0, 0.05) is 29.4 Å². The molecule has 0 atom stereocenters. The maximum Gasteiger partial charge on any atom is 0.252 e. The molecular formula is C19H17N3O3S. The van der Waals surface area contributed by atoms with Gasteiger partial charge in [-0.3, -0.25) is 14.6 Å². The molecule has 26 heavy (non-hydrogen) atoms. The SMILES string of the molecule is CC(=O)c1cc(C(=O)NCc2cccnc2Oc2ccc(C)nc2)cs1. The molecule has 0 spiro atoms. The van der Waals surface area contributed by atoms with E-state index < -0.39 is 0 Å². The van der Waals surface area contributed by atoms with Gasteiger partial charge in [0.25, 0.3) is 5.91 Å². The summed E-state index contributed by atoms with van der Waals surface area (Å²) in [5.74, 6) is 0.684. The Morgan fingerprint density at radius 2 is 2.08 bits per heavy atom. The second-order valence-corrected chi connectivity index (χ2v) is 6.55. The molecule has 0 saturated heterocycles. The topological polar surface area (TPSA) is 81.2 Å². The Bertz CT molecular complexity index is 935. The Kier molecular flexibility index (Phi) is 5.38. The van der Waals surface area contributed by atoms with E-state index in [2.05, 4.69) is 15.3 Å². The molecule has 3 aromatic rings. The first-order chi connectivity index (χ1) is 12.5. The highest BCUT2D eigenvalue weighted by atomic mass is 32.1. The number of hydrogen-bond donors (Lipinski definition) is 1. The molecule has 7 heteroatoms. The zero-order valence-corrected chi connectivity index (χ0v) is 15.2. The Balaban J connectivity index is 1.68. The summed E-state index contributed by atoms with van der Waals surface area (Å²) < 4.78 is 5.77. The van der Waals surface area contributed by atoms with Crippen LogP contribution >= 0.6 is 11.3 Å². The van der Waals surface area contributed by atoms with Gasteiger partial charge >= 0.3 is 0 Å². The quantitative estimate of drug-likeness (QED) is 0.671. The second-order valence-electron chi connectivity index (χ2n) is 5.64. The number of aromatic nitrogens is 2. The number of thiophene rings is 1. The van der Waals surface area contributed by atoms with Crippen molar-refractivity contribution in [1.29, 1.82) is 0 Å². The van der Waals surface area contributed by atoms with Crippen LogP contribution < -0.4 is 10.1 Å². The van der Waals surface area contributed by atoms with E-state index in [0.29, 0.717) is 22.1 Å². The first-order valence-electron chi connectivity index (χ1n) is 7.95. The van der Waals surface area contributed by atoms with Crippen LogP contribution in [-0.4, -0.2) is 21.7 Å². The third-order valence-electron chi connectivity index (χ3n) is 3.60. The van der Waals surface area contributed by atoms with Crippen molar-refractivity contribution in [2.24, 2.45) is 0 Å². The molecule has 3 aromatic heterocycles. The number of amides is 1. The summed E-state index contributed by atoms with van der Waals surface area (Å²) in [4.78, 5) is 32.6. The molecule has 0 radical (unpaired) electrons. The molecule has 6 nitrogen and oxygen atoms in total. The number of ketones is 1. The van der Waals surface area contributed by atoms with Gasteiger partial charge in [-0.05, 0) is 38.1 Å². The number of Topliss-reactive ketones (excluding diaryl/α,β-unsaturated/α-hetero) is 1. The van der Waals surface area contributed by atoms with E-state index in [1.165, 1.54) is 18.3 Å². The smallest absolute Gasteiger partial charge is 0.252 e. The zero-order valence-electron chi connectivity index (χ0n) is 14.4. The zero-order chi connectivity index (χ0) is 18.5. The first-order valence-corrected chi connectivity index (χ1v) is 8.83. The van der Waals surface area contributed by atoms with Crippen molar-refractivity contribution in [3.63, 3.8) is 0 Å². The summed E-state index contributed by atoms with van der Waals surface area (Å²) >= 11 is 1.26. The van der Waals surface area contributed by atoms with E-state index in [4.69, 9.17) is 4.74 Å². The van der Waals surface area contributed by atoms with Crippen LogP contribution in [0.2, 0.25) is 0 Å². The number of carbonyl (C=O) groups excluding carboxylic acids is 2. The number of pyridine rings is 2. The Morgan fingerprint density at radius 1 is 1.23 bits per heavy atom. The number of rotatable bonds is 6. The molecule has 0 aliphatic carbocycles. The lowest BCUT2D eigenvalue weighted by Gasteiger charge is -2.10. The van der Waals surface area contributed by atoms with Crippen LogP contribution in [0.1, 0.15) is 38.2 Å². The highest BCUT2D eigenvalue weighted by Crippen LogP contribution is 2.22. The van der Waals surface area contributed by atoms with Gasteiger partial charge in [-0.15, -0.1) is 11.3 Å². The molecule has 3 heterocycles. The van der Waals surface area contributed by atoms with Crippen LogP contribution in [0.5, 0.6) is 11.6 Å². The third kappa shape index (κ3) is 4.31. The van der Waals surface area contributed by atoms with Gasteiger partial charge in [0.2, 0.25) is 5.88 Å². The number of nitrogens with one attached hydrogen (secondary N) is 1. The van der Waals surface area contributed by atoms with E-state index in [0.717, 1.165) is 11.3 Å². The van der Waals surface area contributed by atoms with Gasteiger partial charge < -0.3 is 10.1 Å². The van der Waals surface area contributed by atoms with Crippen LogP contribution in [-0.2, 0) is 6.54 Å². The lowest BCUT2D eigenvalue weighted by atomic mass is 10.2. The highest BCUT2D eigenvalue weighted by molar-refractivity contribution is 7.12. The standard InChI is InChI=1S/C19H17N3O3S/c1-12-5-6-16(10-21-12)25-19-14(4-3-7-20-19)9-22-18(24)15-8-17(13(2)23)26-11-15/h3-8,10-11H,9H2,1-2H3,(H,22,24). The Labute approximate surface area is 154 Å². The molecule has 0 fully saturated rings. The van der Waals surface area contributed by atoms with Crippen LogP contribution in [0.3, 0.4) is 0 Å². The highest BCUT2D eigenvalue weighted by Gasteiger charge is 2.12. The summed E-state index contributed by atoms with van der Waals surface area (Å²) in [6.07, 6.45) is 3.25. The lowest BCUT2D eigenvalue weighted by Crippen LogP contribution is -2.22. The number of nitrogens with zero attached hydrogens (tertiary/aromatic N) is 2. The van der Waals surface area contributed by atoms with Crippen molar-refractivity contribution in [3.05, 3.63) is 69.8 Å². The largest absolute Gasteiger partial charge is 0.437 e. The molecule has 0 aliphatic rings. The summed E-state index contributed by atoms with van der Waals surface area (Å²) in [5.41, 5.74) is 2.10. The van der Waals surface area contributed by atoms with E-state index in [1.807, 2.05) is 25.1 Å². The van der Waals surface area contributed by atoms with Crippen LogP contribution in [0.25, 0.3) is 0 Å². The number of ether oxygens (including phenoxy) is 1. The second kappa shape index (κ2) is 7.88. The summed E-state index contributed by atoms with van der Waals surface area (Å²) in [5, 5.41) is 4.49. The maximum atomic E-state index is 12.3. The molecule has 132 valence electrons. The summed E-state index contributed by atoms with van der Waals surface area (Å²) in [7, 11) is 0. The van der Waals surface area contributed by atoms with Gasteiger partial charge in [-0.1, -0.05) is 6.07 Å². The number of hydrogen-bond acceptors (Lipinski definition) is 6. The monoisotopic (exact) mass is 367 g/mol. The first kappa shape index (κ1) is 17.8. The van der Waals surface area contributed by atoms with E-state index in [9.17, 15) is 9.59 Å². The normalized spacial score (nSPS) is 10.4. The van der Waals surface area contributed by atoms with Crippen LogP contribution in [0.15, 0.2) is 48.1 Å². The third-order valence-corrected chi connectivity index (χ3v) is 4.63. The maximum absolute atomic E-state index is 12.3. The van der Waals surface area contributed by atoms with E-state index in [-0.39, 0.29) is 18.2 Å². The fourth-order valence-corrected chi connectivity index (χ4v) is 2.98. The molecule has 0 bridgehead atoms. The Hall–Kier alpha value is -3.06. The predicted molar refractivity (Wildman–Crippen MR) is 98.8 cm³/mol. The molecule has 0 unspecified atom stereocenters. The summed E-state index contributed by atoms with van der Waals surface area (Å²) in [6.45, 7) is 3.63. The van der Waals surface area contributed by atoms with E-state index >= 15 is 0 Å². The molecule has 0 aliphatic heterocycles. The van der Waals surface area contributed by atoms with Crippen molar-refractivity contribution in [2.75, 3.05) is 0 Å². The average Bonchev–Trinajstić information content (AvgIpc) is 3.13. The van der Waals surface area contributed by atoms with Gasteiger partial charge in [0.15, 0.2) is 5.78 Å². The lowest BCUT2D eigenvalue weighted by molar-refractivity contribution is 0.0951. The number of aryl methyl sites for hydroxylation is 1. The van der Waals surface area contributed by atoms with Crippen LogP contribution in [0.4, 0.5) is 0 Å². The van der Waals surface area contributed by atoms with Gasteiger partial charge in [0.1, 0.15) is 5.75 Å².